The van der Waals surface area contributed by atoms with Gasteiger partial charge in [-0.1, -0.05) is 0 Å². The molecule has 3 atom stereocenters. The fourth-order valence-electron chi connectivity index (χ4n) is 6.21. The average Bonchev–Trinajstić information content (AvgIpc) is 3.29. The minimum Gasteiger partial charge on any atom is -0.459 e. The van der Waals surface area contributed by atoms with E-state index in [0.717, 1.165) is 30.3 Å². The number of hydrogen-bond acceptors (Lipinski definition) is 4. The number of nitrogens with two attached hydrogens (primary N) is 1. The lowest BCUT2D eigenvalue weighted by molar-refractivity contribution is -0.192. The van der Waals surface area contributed by atoms with Crippen molar-refractivity contribution < 1.29 is 14.3 Å². The Morgan fingerprint density at radius 1 is 1.08 bits per heavy atom. The third kappa shape index (κ3) is 3.24. The lowest BCUT2D eigenvalue weighted by Gasteiger charge is -2.59. The summed E-state index contributed by atoms with van der Waals surface area (Å²) in [6.07, 6.45) is 10.5. The minimum absolute atomic E-state index is 0.0502. The summed E-state index contributed by atoms with van der Waals surface area (Å²) in [5.74, 6) is 3.06. The van der Waals surface area contributed by atoms with Gasteiger partial charge in [0.2, 0.25) is 0 Å². The van der Waals surface area contributed by atoms with Crippen molar-refractivity contribution in [2.75, 3.05) is 6.61 Å². The van der Waals surface area contributed by atoms with Crippen LogP contribution < -0.4 is 5.73 Å². The molecule has 0 aromatic carbocycles. The van der Waals surface area contributed by atoms with Crippen LogP contribution in [0.25, 0.3) is 0 Å². The number of ether oxygens (including phenoxy) is 2. The van der Waals surface area contributed by atoms with Crippen molar-refractivity contribution in [1.29, 1.82) is 0 Å². The van der Waals surface area contributed by atoms with E-state index < -0.39 is 6.04 Å². The molecule has 136 valence electrons. The van der Waals surface area contributed by atoms with Crippen LogP contribution in [-0.4, -0.2) is 30.8 Å². The minimum atomic E-state index is -0.562. The van der Waals surface area contributed by atoms with Crippen LogP contribution in [0.1, 0.15) is 65.2 Å². The summed E-state index contributed by atoms with van der Waals surface area (Å²) in [7, 11) is 0. The van der Waals surface area contributed by atoms with Crippen LogP contribution in [0.5, 0.6) is 0 Å². The van der Waals surface area contributed by atoms with Crippen molar-refractivity contribution in [3.63, 3.8) is 0 Å². The van der Waals surface area contributed by atoms with E-state index in [1.54, 1.807) is 6.92 Å². The van der Waals surface area contributed by atoms with Gasteiger partial charge in [-0.25, -0.2) is 0 Å². The molecular weight excluding hydrogens is 302 g/mol. The van der Waals surface area contributed by atoms with Crippen LogP contribution in [0.4, 0.5) is 0 Å². The van der Waals surface area contributed by atoms with E-state index >= 15 is 0 Å². The summed E-state index contributed by atoms with van der Waals surface area (Å²) in [5.41, 5.74) is 5.94. The molecule has 0 spiro atoms. The molecule has 2 N–H and O–H groups in total. The summed E-state index contributed by atoms with van der Waals surface area (Å²) < 4.78 is 12.2. The van der Waals surface area contributed by atoms with Crippen LogP contribution in [0.2, 0.25) is 0 Å². The monoisotopic (exact) mass is 335 g/mol. The lowest BCUT2D eigenvalue weighted by Crippen LogP contribution is -2.56. The maximum Gasteiger partial charge on any atom is 0.322 e. The molecule has 5 fully saturated rings. The molecule has 0 saturated heterocycles. The molecule has 0 radical (unpaired) electrons. The first kappa shape index (κ1) is 16.8. The molecule has 0 heterocycles. The Labute approximate surface area is 145 Å². The van der Waals surface area contributed by atoms with Gasteiger partial charge in [-0.3, -0.25) is 4.79 Å². The van der Waals surface area contributed by atoms with Crippen molar-refractivity contribution >= 4 is 5.97 Å². The van der Waals surface area contributed by atoms with E-state index in [-0.39, 0.29) is 23.6 Å². The normalized spacial score (nSPS) is 41.0. The highest BCUT2D eigenvalue weighted by molar-refractivity contribution is 5.75. The number of carbonyl (C=O) groups excluding carboxylic acids is 1. The quantitative estimate of drug-likeness (QED) is 0.725. The molecule has 0 unspecified atom stereocenters. The Hall–Kier alpha value is -0.610. The third-order valence-corrected chi connectivity index (χ3v) is 7.00. The third-order valence-electron chi connectivity index (χ3n) is 7.00. The Morgan fingerprint density at radius 3 is 2.08 bits per heavy atom. The molecule has 5 saturated carbocycles. The predicted octanol–water partition coefficient (Wildman–Crippen LogP) is 3.28. The van der Waals surface area contributed by atoms with E-state index in [4.69, 9.17) is 15.2 Å². The van der Waals surface area contributed by atoms with Crippen molar-refractivity contribution in [2.45, 2.75) is 83.5 Å². The molecule has 0 amide bonds. The van der Waals surface area contributed by atoms with Crippen LogP contribution in [-0.2, 0) is 14.3 Å². The van der Waals surface area contributed by atoms with E-state index in [1.807, 2.05) is 6.92 Å². The van der Waals surface area contributed by atoms with Crippen LogP contribution in [0, 0.1) is 29.1 Å². The van der Waals surface area contributed by atoms with E-state index in [0.29, 0.717) is 0 Å². The zero-order chi connectivity index (χ0) is 16.9. The zero-order valence-electron chi connectivity index (χ0n) is 15.2. The van der Waals surface area contributed by atoms with Crippen LogP contribution in [0.3, 0.4) is 0 Å². The lowest BCUT2D eigenvalue weighted by atomic mass is 9.47. The van der Waals surface area contributed by atoms with Gasteiger partial charge >= 0.3 is 5.97 Å². The fraction of sp³-hybridized carbons (Fsp3) is 0.950. The molecular formula is C20H33NO3. The SMILES string of the molecule is C[C@H](N)C(=O)O[C@@H](C)[C@H](OCC1CC1)C12CC3CC(CC(C3)C1)C2. The zero-order valence-corrected chi connectivity index (χ0v) is 15.2. The van der Waals surface area contributed by atoms with Gasteiger partial charge in [0.25, 0.3) is 0 Å². The molecule has 4 bridgehead atoms. The van der Waals surface area contributed by atoms with Gasteiger partial charge in [0.15, 0.2) is 0 Å². The van der Waals surface area contributed by atoms with Gasteiger partial charge in [-0.2, -0.15) is 0 Å². The second kappa shape index (κ2) is 6.28. The standard InChI is InChI=1S/C20H33NO3/c1-12(21)19(22)24-13(2)18(23-11-14-3-4-14)20-8-15-5-16(9-20)7-17(6-15)10-20/h12-18H,3-11,21H2,1-2H3/t12-,13-,15?,16?,17?,18-,20?/m0/s1. The number of rotatable bonds is 7. The van der Waals surface area contributed by atoms with Crippen LogP contribution >= 0.6 is 0 Å². The highest BCUT2D eigenvalue weighted by atomic mass is 16.6. The van der Waals surface area contributed by atoms with Gasteiger partial charge in [-0.05, 0) is 88.9 Å². The second-order valence-electron chi connectivity index (χ2n) is 9.41. The van der Waals surface area contributed by atoms with Gasteiger partial charge in [0, 0.05) is 12.0 Å². The number of carbonyl (C=O) groups is 1. The topological polar surface area (TPSA) is 61.6 Å². The van der Waals surface area contributed by atoms with Gasteiger partial charge in [-0.15, -0.1) is 0 Å². The first-order valence-corrected chi connectivity index (χ1v) is 10.0. The Bertz CT molecular complexity index is 450. The summed E-state index contributed by atoms with van der Waals surface area (Å²) in [4.78, 5) is 12.0. The number of hydrogen-bond donors (Lipinski definition) is 1. The molecule has 0 aliphatic heterocycles. The maximum atomic E-state index is 12.0. The summed E-state index contributed by atoms with van der Waals surface area (Å²) in [6.45, 7) is 4.56. The maximum absolute atomic E-state index is 12.0. The molecule has 5 rings (SSSR count). The largest absolute Gasteiger partial charge is 0.459 e. The summed E-state index contributed by atoms with van der Waals surface area (Å²) >= 11 is 0. The second-order valence-corrected chi connectivity index (χ2v) is 9.41. The van der Waals surface area contributed by atoms with Crippen molar-refractivity contribution in [3.8, 4) is 0 Å². The predicted molar refractivity (Wildman–Crippen MR) is 92.3 cm³/mol. The van der Waals surface area contributed by atoms with Gasteiger partial charge in [0.1, 0.15) is 12.1 Å². The summed E-state index contributed by atoms with van der Waals surface area (Å²) in [5, 5.41) is 0. The first-order valence-electron chi connectivity index (χ1n) is 10.0. The molecule has 5 aliphatic rings. The van der Waals surface area contributed by atoms with E-state index in [1.165, 1.54) is 51.4 Å². The highest BCUT2D eigenvalue weighted by Crippen LogP contribution is 2.62. The van der Waals surface area contributed by atoms with Gasteiger partial charge < -0.3 is 15.2 Å². The number of esters is 1. The molecule has 0 aromatic rings. The molecule has 4 heteroatoms. The first-order chi connectivity index (χ1) is 11.4. The molecule has 5 aliphatic carbocycles. The summed E-state index contributed by atoms with van der Waals surface area (Å²) in [6, 6.07) is -0.562. The Balaban J connectivity index is 1.51. The molecule has 0 aromatic heterocycles. The van der Waals surface area contributed by atoms with E-state index in [9.17, 15) is 4.79 Å². The Morgan fingerprint density at radius 2 is 1.62 bits per heavy atom. The smallest absolute Gasteiger partial charge is 0.322 e. The van der Waals surface area contributed by atoms with Crippen LogP contribution in [0.15, 0.2) is 0 Å². The average molecular weight is 335 g/mol. The highest BCUT2D eigenvalue weighted by Gasteiger charge is 2.56. The van der Waals surface area contributed by atoms with E-state index in [2.05, 4.69) is 0 Å². The van der Waals surface area contributed by atoms with Crippen molar-refractivity contribution in [3.05, 3.63) is 0 Å². The Kier molecular flexibility index (Phi) is 4.41. The molecule has 24 heavy (non-hydrogen) atoms. The van der Waals surface area contributed by atoms with Crippen molar-refractivity contribution in [2.24, 2.45) is 34.8 Å². The van der Waals surface area contributed by atoms with Gasteiger partial charge in [0.05, 0.1) is 6.10 Å². The molecule has 4 nitrogen and oxygen atoms in total. The fourth-order valence-corrected chi connectivity index (χ4v) is 6.21. The van der Waals surface area contributed by atoms with Crippen molar-refractivity contribution in [1.82, 2.24) is 0 Å².